The predicted octanol–water partition coefficient (Wildman–Crippen LogP) is -0.258. The molecule has 2 atom stereocenters. The third kappa shape index (κ3) is 2.44. The maximum Gasteiger partial charge on any atom is 0.233 e. The van der Waals surface area contributed by atoms with E-state index in [1.54, 1.807) is 4.90 Å². The number of carbonyl (C=O) groups is 1. The SMILES string of the molecule is CCC(C(=O)N1CCCC1CO)C(N)=NO. The lowest BCUT2D eigenvalue weighted by molar-refractivity contribution is -0.135. The van der Waals surface area contributed by atoms with E-state index in [-0.39, 0.29) is 24.4 Å². The number of carbonyl (C=O) groups excluding carboxylic acids is 1. The lowest BCUT2D eigenvalue weighted by atomic mass is 10.0. The van der Waals surface area contributed by atoms with Crippen molar-refractivity contribution in [3.05, 3.63) is 0 Å². The number of amides is 1. The van der Waals surface area contributed by atoms with Crippen molar-refractivity contribution in [2.24, 2.45) is 16.8 Å². The van der Waals surface area contributed by atoms with Crippen LogP contribution in [0.1, 0.15) is 26.2 Å². The van der Waals surface area contributed by atoms with Gasteiger partial charge < -0.3 is 20.9 Å². The van der Waals surface area contributed by atoms with E-state index in [4.69, 9.17) is 16.0 Å². The minimum atomic E-state index is -0.586. The molecule has 6 heteroatoms. The first-order valence-corrected chi connectivity index (χ1v) is 5.54. The molecule has 0 saturated carbocycles. The highest BCUT2D eigenvalue weighted by atomic mass is 16.4. The predicted molar refractivity (Wildman–Crippen MR) is 59.0 cm³/mol. The minimum Gasteiger partial charge on any atom is -0.409 e. The Balaban J connectivity index is 2.75. The quantitative estimate of drug-likeness (QED) is 0.268. The zero-order chi connectivity index (χ0) is 12.1. The van der Waals surface area contributed by atoms with Gasteiger partial charge in [0, 0.05) is 6.54 Å². The van der Waals surface area contributed by atoms with E-state index >= 15 is 0 Å². The number of rotatable bonds is 4. The third-order valence-corrected chi connectivity index (χ3v) is 3.05. The first kappa shape index (κ1) is 12.8. The van der Waals surface area contributed by atoms with E-state index in [9.17, 15) is 4.79 Å². The molecule has 0 radical (unpaired) electrons. The molecule has 0 aliphatic carbocycles. The van der Waals surface area contributed by atoms with Gasteiger partial charge in [-0.1, -0.05) is 12.1 Å². The Hall–Kier alpha value is -1.30. The third-order valence-electron chi connectivity index (χ3n) is 3.05. The van der Waals surface area contributed by atoms with Gasteiger partial charge in [0.25, 0.3) is 0 Å². The highest BCUT2D eigenvalue weighted by Gasteiger charge is 2.33. The minimum absolute atomic E-state index is 0.0294. The number of amidine groups is 1. The van der Waals surface area contributed by atoms with Gasteiger partial charge >= 0.3 is 0 Å². The summed E-state index contributed by atoms with van der Waals surface area (Å²) in [5.74, 6) is -0.803. The van der Waals surface area contributed by atoms with Crippen molar-refractivity contribution in [1.82, 2.24) is 4.90 Å². The van der Waals surface area contributed by atoms with Crippen LogP contribution in [0, 0.1) is 5.92 Å². The molecule has 1 aliphatic heterocycles. The van der Waals surface area contributed by atoms with Crippen LogP contribution in [-0.4, -0.2) is 46.1 Å². The Morgan fingerprint density at radius 3 is 2.88 bits per heavy atom. The van der Waals surface area contributed by atoms with E-state index < -0.39 is 5.92 Å². The summed E-state index contributed by atoms with van der Waals surface area (Å²) < 4.78 is 0. The molecule has 1 heterocycles. The fourth-order valence-electron chi connectivity index (χ4n) is 2.10. The number of nitrogens with two attached hydrogens (primary N) is 1. The van der Waals surface area contributed by atoms with Crippen molar-refractivity contribution in [2.45, 2.75) is 32.2 Å². The van der Waals surface area contributed by atoms with Gasteiger partial charge in [-0.3, -0.25) is 4.79 Å². The summed E-state index contributed by atoms with van der Waals surface area (Å²) in [7, 11) is 0. The highest BCUT2D eigenvalue weighted by molar-refractivity contribution is 6.02. The van der Waals surface area contributed by atoms with Crippen molar-refractivity contribution in [2.75, 3.05) is 13.2 Å². The van der Waals surface area contributed by atoms with Gasteiger partial charge in [-0.05, 0) is 19.3 Å². The summed E-state index contributed by atoms with van der Waals surface area (Å²) in [6.45, 7) is 2.42. The van der Waals surface area contributed by atoms with E-state index in [1.807, 2.05) is 6.92 Å². The largest absolute Gasteiger partial charge is 0.409 e. The second kappa shape index (κ2) is 5.69. The molecule has 4 N–H and O–H groups in total. The summed E-state index contributed by atoms with van der Waals surface area (Å²) in [6, 6.07) is -0.118. The number of hydrogen-bond donors (Lipinski definition) is 3. The molecule has 6 nitrogen and oxygen atoms in total. The van der Waals surface area contributed by atoms with Crippen LogP contribution in [-0.2, 0) is 4.79 Å². The average Bonchev–Trinajstić information content (AvgIpc) is 2.77. The Morgan fingerprint density at radius 2 is 2.38 bits per heavy atom. The summed E-state index contributed by atoms with van der Waals surface area (Å²) in [5, 5.41) is 20.6. The number of aliphatic hydroxyl groups excluding tert-OH is 1. The van der Waals surface area contributed by atoms with Gasteiger partial charge in [0.05, 0.1) is 18.6 Å². The van der Waals surface area contributed by atoms with Gasteiger partial charge in [-0.25, -0.2) is 0 Å². The summed E-state index contributed by atoms with van der Waals surface area (Å²) >= 11 is 0. The number of nitrogens with zero attached hydrogens (tertiary/aromatic N) is 2. The van der Waals surface area contributed by atoms with E-state index in [0.29, 0.717) is 13.0 Å². The Bertz CT molecular complexity index is 280. The van der Waals surface area contributed by atoms with E-state index in [1.165, 1.54) is 0 Å². The molecule has 1 fully saturated rings. The lowest BCUT2D eigenvalue weighted by Crippen LogP contribution is -2.45. The Labute approximate surface area is 94.7 Å². The molecule has 1 saturated heterocycles. The number of aliphatic hydroxyl groups is 1. The molecule has 1 amide bonds. The van der Waals surface area contributed by atoms with Crippen molar-refractivity contribution < 1.29 is 15.1 Å². The van der Waals surface area contributed by atoms with Gasteiger partial charge in [0.2, 0.25) is 5.91 Å². The van der Waals surface area contributed by atoms with E-state index in [2.05, 4.69) is 5.16 Å². The van der Waals surface area contributed by atoms with Gasteiger partial charge in [0.15, 0.2) is 5.84 Å². The summed E-state index contributed by atoms with van der Waals surface area (Å²) in [6.07, 6.45) is 2.20. The molecular formula is C10H19N3O3. The number of oxime groups is 1. The lowest BCUT2D eigenvalue weighted by Gasteiger charge is -2.26. The monoisotopic (exact) mass is 229 g/mol. The van der Waals surface area contributed by atoms with Gasteiger partial charge in [-0.15, -0.1) is 0 Å². The van der Waals surface area contributed by atoms with Crippen LogP contribution in [0.2, 0.25) is 0 Å². The zero-order valence-electron chi connectivity index (χ0n) is 9.46. The Morgan fingerprint density at radius 1 is 1.69 bits per heavy atom. The average molecular weight is 229 g/mol. The second-order valence-corrected chi connectivity index (χ2v) is 4.00. The summed E-state index contributed by atoms with van der Waals surface area (Å²) in [5.41, 5.74) is 5.47. The molecule has 0 spiro atoms. The molecule has 0 aromatic rings. The van der Waals surface area contributed by atoms with Crippen molar-refractivity contribution in [3.63, 3.8) is 0 Å². The van der Waals surface area contributed by atoms with Crippen LogP contribution in [0.5, 0.6) is 0 Å². The number of likely N-dealkylation sites (tertiary alicyclic amines) is 1. The fourth-order valence-corrected chi connectivity index (χ4v) is 2.10. The van der Waals surface area contributed by atoms with Crippen LogP contribution in [0.15, 0.2) is 5.16 Å². The number of hydrogen-bond acceptors (Lipinski definition) is 4. The first-order valence-electron chi connectivity index (χ1n) is 5.54. The van der Waals surface area contributed by atoms with Crippen LogP contribution in [0.25, 0.3) is 0 Å². The highest BCUT2D eigenvalue weighted by Crippen LogP contribution is 2.20. The second-order valence-electron chi connectivity index (χ2n) is 4.00. The van der Waals surface area contributed by atoms with Crippen molar-refractivity contribution >= 4 is 11.7 Å². The van der Waals surface area contributed by atoms with Crippen molar-refractivity contribution in [3.8, 4) is 0 Å². The molecule has 92 valence electrons. The topological polar surface area (TPSA) is 99.2 Å². The zero-order valence-corrected chi connectivity index (χ0v) is 9.46. The van der Waals surface area contributed by atoms with Crippen LogP contribution < -0.4 is 5.73 Å². The maximum absolute atomic E-state index is 12.1. The summed E-state index contributed by atoms with van der Waals surface area (Å²) in [4.78, 5) is 13.7. The molecule has 0 bridgehead atoms. The van der Waals surface area contributed by atoms with Gasteiger partial charge in [0.1, 0.15) is 0 Å². The normalized spacial score (nSPS) is 23.5. The van der Waals surface area contributed by atoms with Crippen LogP contribution in [0.3, 0.4) is 0 Å². The molecule has 1 aliphatic rings. The van der Waals surface area contributed by atoms with Crippen LogP contribution in [0.4, 0.5) is 0 Å². The van der Waals surface area contributed by atoms with Gasteiger partial charge in [-0.2, -0.15) is 0 Å². The molecule has 0 aromatic heterocycles. The molecule has 0 aromatic carbocycles. The maximum atomic E-state index is 12.1. The van der Waals surface area contributed by atoms with Crippen molar-refractivity contribution in [1.29, 1.82) is 0 Å². The fraction of sp³-hybridized carbons (Fsp3) is 0.800. The first-order chi connectivity index (χ1) is 7.65. The molecular weight excluding hydrogens is 210 g/mol. The Kier molecular flexibility index (Phi) is 4.54. The smallest absolute Gasteiger partial charge is 0.233 e. The van der Waals surface area contributed by atoms with E-state index in [0.717, 1.165) is 12.8 Å². The standard InChI is InChI=1S/C10H19N3O3/c1-2-8(9(11)12-16)10(15)13-5-3-4-7(13)6-14/h7-8,14,16H,2-6H2,1H3,(H2,11,12). The molecule has 2 unspecified atom stereocenters. The van der Waals surface area contributed by atoms with Crippen LogP contribution >= 0.6 is 0 Å². The molecule has 1 rings (SSSR count). The molecule has 16 heavy (non-hydrogen) atoms.